The largest absolute Gasteiger partial charge is 0.237 e. The van der Waals surface area contributed by atoms with E-state index < -0.39 is 16.4 Å². The van der Waals surface area contributed by atoms with Crippen LogP contribution in [0.4, 0.5) is 4.39 Å². The maximum absolute atomic E-state index is 13.3. The summed E-state index contributed by atoms with van der Waals surface area (Å²) in [6.07, 6.45) is 7.69. The van der Waals surface area contributed by atoms with Gasteiger partial charge in [0.2, 0.25) is 0 Å². The Bertz CT molecular complexity index is 224. The second kappa shape index (κ2) is 5.02. The van der Waals surface area contributed by atoms with Crippen molar-refractivity contribution in [3.05, 3.63) is 47.8 Å². The molecule has 0 saturated carbocycles. The molecule has 0 aromatic rings. The van der Waals surface area contributed by atoms with E-state index in [0.29, 0.717) is 6.42 Å². The normalized spacial score (nSPS) is 19.2. The molecule has 1 atom stereocenters. The van der Waals surface area contributed by atoms with E-state index in [2.05, 4.69) is 12.3 Å². The summed E-state index contributed by atoms with van der Waals surface area (Å²) in [5.74, 6) is 0. The molecule has 1 radical (unpaired) electrons. The van der Waals surface area contributed by atoms with Gasteiger partial charge in [0.15, 0.2) is 0 Å². The van der Waals surface area contributed by atoms with E-state index in [1.54, 1.807) is 12.5 Å². The number of alkyl halides is 1. The van der Waals surface area contributed by atoms with Crippen LogP contribution in [0.15, 0.2) is 41.4 Å². The number of hydrogen-bond donors (Lipinski definition) is 1. The fourth-order valence-electron chi connectivity index (χ4n) is 0.920. The molecule has 1 heterocycles. The predicted molar refractivity (Wildman–Crippen MR) is 54.8 cm³/mol. The first-order valence-electron chi connectivity index (χ1n) is 3.78. The van der Waals surface area contributed by atoms with Gasteiger partial charge in [-0.25, -0.2) is 4.39 Å². The third kappa shape index (κ3) is 2.72. The van der Waals surface area contributed by atoms with Crippen LogP contribution in [0, 0.1) is 6.42 Å². The molecule has 0 bridgehead atoms. The van der Waals surface area contributed by atoms with Crippen molar-refractivity contribution in [3.63, 3.8) is 0 Å². The van der Waals surface area contributed by atoms with Gasteiger partial charge in [-0.3, -0.25) is 0 Å². The van der Waals surface area contributed by atoms with Crippen molar-refractivity contribution in [2.75, 3.05) is 0 Å². The lowest BCUT2D eigenvalue weighted by atomic mass is 10.3. The first-order chi connectivity index (χ1) is 5.84. The second-order valence-electron chi connectivity index (χ2n) is 2.41. The molecule has 1 aliphatic heterocycles. The Hall–Kier alpha value is -0.720. The average Bonchev–Trinajstić information content (AvgIpc) is 2.56. The van der Waals surface area contributed by atoms with Gasteiger partial charge in [0.1, 0.15) is 5.50 Å². The Labute approximate surface area is 75.5 Å². The Morgan fingerprint density at radius 3 is 2.75 bits per heavy atom. The molecule has 0 amide bonds. The molecular formula is C10H12FS. The third-order valence-electron chi connectivity index (χ3n) is 1.52. The van der Waals surface area contributed by atoms with Crippen molar-refractivity contribution in [3.8, 4) is 0 Å². The lowest BCUT2D eigenvalue weighted by Crippen LogP contribution is -1.96. The van der Waals surface area contributed by atoms with Gasteiger partial charge in [0, 0.05) is 0 Å². The van der Waals surface area contributed by atoms with E-state index in [1.165, 1.54) is 0 Å². The van der Waals surface area contributed by atoms with E-state index in [-0.39, 0.29) is 0 Å². The molecule has 0 N–H and O–H groups in total. The molecule has 0 fully saturated rings. The van der Waals surface area contributed by atoms with Crippen molar-refractivity contribution in [2.24, 2.45) is 0 Å². The van der Waals surface area contributed by atoms with Gasteiger partial charge in [-0.05, 0) is 29.7 Å². The fourth-order valence-corrected chi connectivity index (χ4v) is 2.35. The minimum atomic E-state index is -0.750. The topological polar surface area (TPSA) is 0 Å². The third-order valence-corrected chi connectivity index (χ3v) is 3.41. The number of halogens is 1. The second-order valence-corrected chi connectivity index (χ2v) is 4.46. The van der Waals surface area contributed by atoms with E-state index in [4.69, 9.17) is 0 Å². The van der Waals surface area contributed by atoms with Gasteiger partial charge >= 0.3 is 0 Å². The first kappa shape index (κ1) is 9.37. The van der Waals surface area contributed by atoms with Gasteiger partial charge in [0.05, 0.1) is 0 Å². The molecule has 0 aromatic heterocycles. The molecule has 1 aliphatic rings. The minimum Gasteiger partial charge on any atom is -0.237 e. The van der Waals surface area contributed by atoms with Gasteiger partial charge in [-0.1, -0.05) is 18.7 Å². The van der Waals surface area contributed by atoms with Crippen LogP contribution < -0.4 is 0 Å². The molecule has 0 nitrogen and oxygen atoms in total. The highest BCUT2D eigenvalue weighted by molar-refractivity contribution is 8.22. The smallest absolute Gasteiger partial charge is 0.135 e. The van der Waals surface area contributed by atoms with Crippen molar-refractivity contribution < 1.29 is 4.39 Å². The van der Waals surface area contributed by atoms with Crippen LogP contribution in [0.1, 0.15) is 6.42 Å². The number of thiol groups is 1. The van der Waals surface area contributed by atoms with Gasteiger partial charge in [0.25, 0.3) is 0 Å². The van der Waals surface area contributed by atoms with Gasteiger partial charge in [-0.15, -0.1) is 5.73 Å². The van der Waals surface area contributed by atoms with E-state index in [9.17, 15) is 4.39 Å². The molecule has 2 heteroatoms. The van der Waals surface area contributed by atoms with Crippen molar-refractivity contribution >= 4 is 10.9 Å². The van der Waals surface area contributed by atoms with Crippen LogP contribution in [0.3, 0.4) is 0 Å². The van der Waals surface area contributed by atoms with Crippen LogP contribution >= 0.6 is 10.9 Å². The zero-order valence-corrected chi connectivity index (χ0v) is 7.68. The number of allylic oxidation sites excluding steroid dienone is 3. The first-order valence-corrected chi connectivity index (χ1v) is 5.33. The molecule has 1 rings (SSSR count). The molecule has 1 unspecified atom stereocenters. The van der Waals surface area contributed by atoms with E-state index in [1.807, 2.05) is 23.0 Å². The Balaban J connectivity index is 2.27. The van der Waals surface area contributed by atoms with Gasteiger partial charge < -0.3 is 0 Å². The molecule has 0 aromatic carbocycles. The van der Waals surface area contributed by atoms with Crippen LogP contribution in [0.5, 0.6) is 0 Å². The lowest BCUT2D eigenvalue weighted by molar-refractivity contribution is 0.450. The molecule has 12 heavy (non-hydrogen) atoms. The summed E-state index contributed by atoms with van der Waals surface area (Å²) in [7, 11) is -0.650. The van der Waals surface area contributed by atoms with Gasteiger partial charge in [-0.2, -0.15) is 10.9 Å². The van der Waals surface area contributed by atoms with Crippen LogP contribution in [0.2, 0.25) is 0 Å². The lowest BCUT2D eigenvalue weighted by Gasteiger charge is -2.14. The highest BCUT2D eigenvalue weighted by Crippen LogP contribution is 2.40. The quantitative estimate of drug-likeness (QED) is 0.502. The Kier molecular flexibility index (Phi) is 3.92. The summed E-state index contributed by atoms with van der Waals surface area (Å²) in [6.45, 7) is 3.40. The highest BCUT2D eigenvalue weighted by Gasteiger charge is 2.12. The predicted octanol–water partition coefficient (Wildman–Crippen LogP) is 3.26. The summed E-state index contributed by atoms with van der Waals surface area (Å²) in [6, 6.07) is 0. The summed E-state index contributed by atoms with van der Waals surface area (Å²) >= 11 is 0. The average molecular weight is 183 g/mol. The Morgan fingerprint density at radius 2 is 2.17 bits per heavy atom. The van der Waals surface area contributed by atoms with Crippen LogP contribution in [-0.4, -0.2) is 5.50 Å². The van der Waals surface area contributed by atoms with Crippen LogP contribution in [-0.2, 0) is 0 Å². The standard InChI is InChI=1S/C10H12FS/c1-2-3-4-7-10(11)12-8-5-6-9-12/h3-6,8-10,12H,1,7H2. The highest BCUT2D eigenvalue weighted by atomic mass is 32.2. The maximum Gasteiger partial charge on any atom is 0.135 e. The molecule has 65 valence electrons. The molecule has 0 aliphatic carbocycles. The molecule has 0 saturated heterocycles. The Morgan fingerprint density at radius 1 is 1.50 bits per heavy atom. The molecule has 0 spiro atoms. The summed E-state index contributed by atoms with van der Waals surface area (Å²) in [4.78, 5) is 0. The van der Waals surface area contributed by atoms with Crippen LogP contribution in [0.25, 0.3) is 0 Å². The molecular weight excluding hydrogens is 171 g/mol. The number of hydrogen-bond acceptors (Lipinski definition) is 0. The van der Waals surface area contributed by atoms with Crippen molar-refractivity contribution in [1.29, 1.82) is 0 Å². The monoisotopic (exact) mass is 183 g/mol. The maximum atomic E-state index is 13.3. The minimum absolute atomic E-state index is 0.461. The summed E-state index contributed by atoms with van der Waals surface area (Å²) < 4.78 is 13.3. The summed E-state index contributed by atoms with van der Waals surface area (Å²) in [5.41, 5.74) is 1.84. The fraction of sp³-hybridized carbons (Fsp3) is 0.200. The van der Waals surface area contributed by atoms with Crippen molar-refractivity contribution in [1.82, 2.24) is 0 Å². The summed E-state index contributed by atoms with van der Waals surface area (Å²) in [5, 5.41) is 3.87. The number of rotatable bonds is 4. The van der Waals surface area contributed by atoms with Crippen molar-refractivity contribution in [2.45, 2.75) is 11.9 Å². The zero-order chi connectivity index (χ0) is 8.81. The SMILES string of the molecule is C=C=C[CH]CC(F)[SH]1C=CC=C1. The zero-order valence-electron chi connectivity index (χ0n) is 6.78. The van der Waals surface area contributed by atoms with E-state index in [0.717, 1.165) is 0 Å². The van der Waals surface area contributed by atoms with E-state index >= 15 is 0 Å².